The lowest BCUT2D eigenvalue weighted by atomic mass is 9.93. The molecule has 0 unspecified atom stereocenters. The molecule has 2 heterocycles. The molecule has 4 rings (SSSR count). The Labute approximate surface area is 172 Å². The van der Waals surface area contributed by atoms with Crippen molar-refractivity contribution in [1.29, 1.82) is 0 Å². The summed E-state index contributed by atoms with van der Waals surface area (Å²) in [6.45, 7) is -0.0752. The van der Waals surface area contributed by atoms with Crippen molar-refractivity contribution in [2.24, 2.45) is 7.05 Å². The van der Waals surface area contributed by atoms with Crippen molar-refractivity contribution in [3.63, 3.8) is 0 Å². The van der Waals surface area contributed by atoms with Crippen LogP contribution in [0.1, 0.15) is 32.1 Å². The Bertz CT molecular complexity index is 1060. The molecule has 2 aromatic rings. The lowest BCUT2D eigenvalue weighted by molar-refractivity contribution is -0.119. The summed E-state index contributed by atoms with van der Waals surface area (Å²) in [5, 5.41) is 0.390. The number of fused-ring (bicyclic) bond motifs is 1. The van der Waals surface area contributed by atoms with E-state index in [9.17, 15) is 14.4 Å². The van der Waals surface area contributed by atoms with Gasteiger partial charge in [0.1, 0.15) is 6.54 Å². The van der Waals surface area contributed by atoms with Gasteiger partial charge in [0.2, 0.25) is 12.7 Å². The zero-order valence-electron chi connectivity index (χ0n) is 16.1. The molecule has 1 amide bonds. The molecule has 8 nitrogen and oxygen atoms in total. The monoisotopic (exact) mass is 419 g/mol. The van der Waals surface area contributed by atoms with E-state index in [0.717, 1.165) is 36.7 Å². The highest BCUT2D eigenvalue weighted by molar-refractivity contribution is 6.34. The number of rotatable bonds is 4. The van der Waals surface area contributed by atoms with Gasteiger partial charge in [-0.3, -0.25) is 18.7 Å². The van der Waals surface area contributed by atoms with E-state index in [-0.39, 0.29) is 25.3 Å². The number of halogens is 1. The van der Waals surface area contributed by atoms with Crippen LogP contribution >= 0.6 is 11.6 Å². The topological polar surface area (TPSA) is 82.8 Å². The number of hydrogen-bond acceptors (Lipinski definition) is 5. The second kappa shape index (κ2) is 7.94. The molecule has 9 heteroatoms. The summed E-state index contributed by atoms with van der Waals surface area (Å²) in [6, 6.07) is 4.63. The smallest absolute Gasteiger partial charge is 0.331 e. The van der Waals surface area contributed by atoms with Crippen molar-refractivity contribution in [2.45, 2.75) is 44.7 Å². The number of carbonyl (C=O) groups excluding carboxylic acids is 1. The van der Waals surface area contributed by atoms with Gasteiger partial charge in [0.05, 0.1) is 10.7 Å². The Hall–Kier alpha value is -2.74. The van der Waals surface area contributed by atoms with Crippen LogP contribution < -0.4 is 25.6 Å². The molecule has 154 valence electrons. The molecule has 0 atom stereocenters. The zero-order valence-corrected chi connectivity index (χ0v) is 16.9. The van der Waals surface area contributed by atoms with Crippen molar-refractivity contribution in [2.75, 3.05) is 11.7 Å². The first-order valence-corrected chi connectivity index (χ1v) is 10.0. The van der Waals surface area contributed by atoms with Gasteiger partial charge in [0.15, 0.2) is 11.5 Å². The van der Waals surface area contributed by atoms with Gasteiger partial charge in [-0.05, 0) is 12.8 Å². The number of nitrogens with zero attached hydrogens (tertiary/aromatic N) is 3. The third-order valence-corrected chi connectivity index (χ3v) is 5.78. The molecule has 1 saturated carbocycles. The fraction of sp³-hybridized carbons (Fsp3) is 0.450. The first-order valence-electron chi connectivity index (χ1n) is 9.63. The summed E-state index contributed by atoms with van der Waals surface area (Å²) < 4.78 is 13.0. The van der Waals surface area contributed by atoms with Gasteiger partial charge in [-0.2, -0.15) is 0 Å². The normalized spacial score (nSPS) is 16.1. The third-order valence-electron chi connectivity index (χ3n) is 5.48. The van der Waals surface area contributed by atoms with E-state index < -0.39 is 11.2 Å². The van der Waals surface area contributed by atoms with Crippen LogP contribution in [0.2, 0.25) is 5.02 Å². The summed E-state index contributed by atoms with van der Waals surface area (Å²) in [6.07, 6.45) is 6.25. The Kier molecular flexibility index (Phi) is 5.36. The molecule has 1 aliphatic heterocycles. The largest absolute Gasteiger partial charge is 0.454 e. The molecular formula is C20H22ClN3O5. The molecule has 29 heavy (non-hydrogen) atoms. The molecule has 0 N–H and O–H groups in total. The van der Waals surface area contributed by atoms with Crippen molar-refractivity contribution in [3.05, 3.63) is 50.3 Å². The maximum absolute atomic E-state index is 13.4. The van der Waals surface area contributed by atoms with Crippen molar-refractivity contribution in [3.8, 4) is 11.5 Å². The van der Waals surface area contributed by atoms with E-state index >= 15 is 0 Å². The fourth-order valence-corrected chi connectivity index (χ4v) is 4.17. The third kappa shape index (κ3) is 3.76. The van der Waals surface area contributed by atoms with Gasteiger partial charge in [-0.25, -0.2) is 4.79 Å². The van der Waals surface area contributed by atoms with Gasteiger partial charge in [0, 0.05) is 37.5 Å². The van der Waals surface area contributed by atoms with Crippen LogP contribution in [0, 0.1) is 0 Å². The van der Waals surface area contributed by atoms with Crippen LogP contribution in [0.15, 0.2) is 34.0 Å². The SMILES string of the molecule is Cn1c(=O)ccn(CC(=O)N(c2cc3c(cc2Cl)OCO3)C2CCCCC2)c1=O. The summed E-state index contributed by atoms with van der Waals surface area (Å²) >= 11 is 6.50. The van der Waals surface area contributed by atoms with Gasteiger partial charge in [-0.15, -0.1) is 0 Å². The van der Waals surface area contributed by atoms with E-state index in [1.54, 1.807) is 17.0 Å². The molecule has 2 aliphatic rings. The van der Waals surface area contributed by atoms with Crippen LogP contribution in [0.25, 0.3) is 0 Å². The number of hydrogen-bond donors (Lipinski definition) is 0. The summed E-state index contributed by atoms with van der Waals surface area (Å²) in [7, 11) is 1.39. The molecule has 0 spiro atoms. The van der Waals surface area contributed by atoms with Gasteiger partial charge in [0.25, 0.3) is 5.56 Å². The van der Waals surface area contributed by atoms with Crippen LogP contribution in [0.5, 0.6) is 11.5 Å². The summed E-state index contributed by atoms with van der Waals surface area (Å²) in [5.74, 6) is 0.819. The highest BCUT2D eigenvalue weighted by Crippen LogP contribution is 2.42. The highest BCUT2D eigenvalue weighted by atomic mass is 35.5. The Morgan fingerprint density at radius 3 is 2.59 bits per heavy atom. The number of anilines is 1. The minimum absolute atomic E-state index is 0.0163. The quantitative estimate of drug-likeness (QED) is 0.759. The van der Waals surface area contributed by atoms with Crippen LogP contribution in [0.3, 0.4) is 0 Å². The van der Waals surface area contributed by atoms with Crippen LogP contribution in [-0.4, -0.2) is 27.9 Å². The number of aromatic nitrogens is 2. The Balaban J connectivity index is 1.71. The van der Waals surface area contributed by atoms with E-state index in [4.69, 9.17) is 21.1 Å². The van der Waals surface area contributed by atoms with E-state index in [0.29, 0.717) is 22.2 Å². The number of carbonyl (C=O) groups is 1. The standard InChI is InChI=1S/C20H22ClN3O5/c1-22-18(25)7-8-23(20(22)27)11-19(26)24(13-5-3-2-4-6-13)15-10-17-16(9-14(15)21)28-12-29-17/h7-10,13H,2-6,11-12H2,1H3. The Morgan fingerprint density at radius 1 is 1.17 bits per heavy atom. The molecule has 1 aliphatic carbocycles. The minimum Gasteiger partial charge on any atom is -0.454 e. The fourth-order valence-electron chi connectivity index (χ4n) is 3.92. The average molecular weight is 420 g/mol. The highest BCUT2D eigenvalue weighted by Gasteiger charge is 2.30. The maximum Gasteiger partial charge on any atom is 0.331 e. The minimum atomic E-state index is -0.536. The summed E-state index contributed by atoms with van der Waals surface area (Å²) in [5.41, 5.74) is -0.404. The predicted octanol–water partition coefficient (Wildman–Crippen LogP) is 2.29. The lowest BCUT2D eigenvalue weighted by Crippen LogP contribution is -2.46. The van der Waals surface area contributed by atoms with Crippen molar-refractivity contribution >= 4 is 23.2 Å². The number of amides is 1. The van der Waals surface area contributed by atoms with E-state index in [1.807, 2.05) is 0 Å². The number of ether oxygens (including phenoxy) is 2. The first kappa shape index (κ1) is 19.6. The molecule has 0 radical (unpaired) electrons. The maximum atomic E-state index is 13.4. The first-order chi connectivity index (χ1) is 14.0. The number of benzene rings is 1. The average Bonchev–Trinajstić information content (AvgIpc) is 3.17. The molecule has 0 bridgehead atoms. The van der Waals surface area contributed by atoms with Gasteiger partial charge >= 0.3 is 5.69 Å². The second-order valence-electron chi connectivity index (χ2n) is 7.34. The predicted molar refractivity (Wildman–Crippen MR) is 108 cm³/mol. The van der Waals surface area contributed by atoms with Crippen LogP contribution in [-0.2, 0) is 18.4 Å². The van der Waals surface area contributed by atoms with E-state index in [2.05, 4.69) is 0 Å². The zero-order chi connectivity index (χ0) is 20.5. The van der Waals surface area contributed by atoms with E-state index in [1.165, 1.54) is 23.9 Å². The second-order valence-corrected chi connectivity index (χ2v) is 7.74. The Morgan fingerprint density at radius 2 is 1.86 bits per heavy atom. The molecule has 0 saturated heterocycles. The lowest BCUT2D eigenvalue weighted by Gasteiger charge is -2.35. The molecule has 1 fully saturated rings. The van der Waals surface area contributed by atoms with Gasteiger partial charge in [-0.1, -0.05) is 30.9 Å². The van der Waals surface area contributed by atoms with Crippen molar-refractivity contribution in [1.82, 2.24) is 9.13 Å². The van der Waals surface area contributed by atoms with Crippen LogP contribution in [0.4, 0.5) is 5.69 Å². The van der Waals surface area contributed by atoms with Crippen molar-refractivity contribution < 1.29 is 14.3 Å². The molecule has 1 aromatic carbocycles. The molecule has 1 aromatic heterocycles. The summed E-state index contributed by atoms with van der Waals surface area (Å²) in [4.78, 5) is 39.1. The van der Waals surface area contributed by atoms with Gasteiger partial charge < -0.3 is 14.4 Å². The molecular weight excluding hydrogens is 398 g/mol.